The Hall–Kier alpha value is -2.64. The highest BCUT2D eigenvalue weighted by Crippen LogP contribution is 2.22. The molecule has 7 heteroatoms. The molecule has 0 saturated carbocycles. The maximum absolute atomic E-state index is 11.4. The van der Waals surface area contributed by atoms with E-state index >= 15 is 0 Å². The summed E-state index contributed by atoms with van der Waals surface area (Å²) in [6.45, 7) is 10.5. The Morgan fingerprint density at radius 3 is 1.67 bits per heavy atom. The molecule has 0 radical (unpaired) electrons. The molecule has 0 aromatic heterocycles. The van der Waals surface area contributed by atoms with E-state index in [1.807, 2.05) is 0 Å². The molecule has 0 amide bonds. The standard InChI is InChI=1S/C20H26O7/c1-14(2)18(21)24-10-12-26-20(16-6-8-17(23-5)9-7-16)27-13-11-25-19(22)15(3)4/h6-9,20H,1,3,10-13H2,2,4-5H3. The fourth-order valence-corrected chi connectivity index (χ4v) is 1.83. The van der Waals surface area contributed by atoms with Crippen LogP contribution in [0.15, 0.2) is 48.6 Å². The van der Waals surface area contributed by atoms with E-state index in [1.54, 1.807) is 45.2 Å². The van der Waals surface area contributed by atoms with Crippen LogP contribution < -0.4 is 4.74 Å². The van der Waals surface area contributed by atoms with Crippen LogP contribution in [0.1, 0.15) is 25.7 Å². The van der Waals surface area contributed by atoms with Crippen molar-refractivity contribution in [2.24, 2.45) is 0 Å². The van der Waals surface area contributed by atoms with Crippen molar-refractivity contribution < 1.29 is 33.3 Å². The third-order valence-electron chi connectivity index (χ3n) is 3.26. The van der Waals surface area contributed by atoms with Crippen LogP contribution in [0.2, 0.25) is 0 Å². The molecule has 1 rings (SSSR count). The van der Waals surface area contributed by atoms with E-state index in [-0.39, 0.29) is 26.4 Å². The molecule has 0 saturated heterocycles. The topological polar surface area (TPSA) is 80.3 Å². The Balaban J connectivity index is 2.57. The minimum absolute atomic E-state index is 0.0619. The van der Waals surface area contributed by atoms with Gasteiger partial charge in [0.2, 0.25) is 0 Å². The number of esters is 2. The van der Waals surface area contributed by atoms with Crippen LogP contribution in [0, 0.1) is 0 Å². The lowest BCUT2D eigenvalue weighted by Crippen LogP contribution is -2.18. The van der Waals surface area contributed by atoms with Gasteiger partial charge >= 0.3 is 11.9 Å². The molecule has 148 valence electrons. The highest BCUT2D eigenvalue weighted by molar-refractivity contribution is 5.87. The van der Waals surface area contributed by atoms with Gasteiger partial charge in [-0.2, -0.15) is 0 Å². The van der Waals surface area contributed by atoms with Gasteiger partial charge in [-0.3, -0.25) is 0 Å². The van der Waals surface area contributed by atoms with Crippen LogP contribution in [0.25, 0.3) is 0 Å². The predicted molar refractivity (Wildman–Crippen MR) is 99.2 cm³/mol. The van der Waals surface area contributed by atoms with Crippen molar-refractivity contribution >= 4 is 11.9 Å². The van der Waals surface area contributed by atoms with E-state index in [0.717, 1.165) is 5.56 Å². The molecule has 0 heterocycles. The van der Waals surface area contributed by atoms with Crippen LogP contribution >= 0.6 is 0 Å². The monoisotopic (exact) mass is 378 g/mol. The first kappa shape index (κ1) is 22.4. The van der Waals surface area contributed by atoms with Crippen LogP contribution in [0.5, 0.6) is 5.75 Å². The van der Waals surface area contributed by atoms with E-state index in [0.29, 0.717) is 16.9 Å². The van der Waals surface area contributed by atoms with Crippen molar-refractivity contribution in [3.05, 3.63) is 54.1 Å². The first-order valence-corrected chi connectivity index (χ1v) is 8.37. The molecule has 0 N–H and O–H groups in total. The van der Waals surface area contributed by atoms with Gasteiger partial charge < -0.3 is 23.7 Å². The second-order valence-electron chi connectivity index (χ2n) is 5.68. The Labute approximate surface area is 159 Å². The van der Waals surface area contributed by atoms with Gasteiger partial charge in [-0.25, -0.2) is 9.59 Å². The third-order valence-corrected chi connectivity index (χ3v) is 3.26. The number of carbonyl (C=O) groups is 2. The van der Waals surface area contributed by atoms with Crippen molar-refractivity contribution in [2.75, 3.05) is 33.5 Å². The van der Waals surface area contributed by atoms with Gasteiger partial charge in [0.25, 0.3) is 0 Å². The maximum atomic E-state index is 11.4. The number of methoxy groups -OCH3 is 1. The van der Waals surface area contributed by atoms with Gasteiger partial charge in [0.15, 0.2) is 6.29 Å². The smallest absolute Gasteiger partial charge is 0.333 e. The molecule has 1 aromatic rings. The lowest BCUT2D eigenvalue weighted by atomic mass is 10.2. The summed E-state index contributed by atoms with van der Waals surface area (Å²) in [5, 5.41) is 0. The van der Waals surface area contributed by atoms with Gasteiger partial charge in [0.1, 0.15) is 19.0 Å². The summed E-state index contributed by atoms with van der Waals surface area (Å²) in [4.78, 5) is 22.8. The number of hydrogen-bond acceptors (Lipinski definition) is 7. The molecule has 0 unspecified atom stereocenters. The summed E-state index contributed by atoms with van der Waals surface area (Å²) in [5.41, 5.74) is 1.38. The maximum Gasteiger partial charge on any atom is 0.333 e. The lowest BCUT2D eigenvalue weighted by Gasteiger charge is -2.19. The first-order chi connectivity index (χ1) is 12.8. The van der Waals surface area contributed by atoms with E-state index in [9.17, 15) is 9.59 Å². The summed E-state index contributed by atoms with van der Waals surface area (Å²) >= 11 is 0. The molecule has 0 spiro atoms. The summed E-state index contributed by atoms with van der Waals surface area (Å²) in [6, 6.07) is 7.14. The van der Waals surface area contributed by atoms with Gasteiger partial charge in [-0.05, 0) is 26.0 Å². The summed E-state index contributed by atoms with van der Waals surface area (Å²) in [6.07, 6.45) is -0.719. The molecule has 1 aromatic carbocycles. The van der Waals surface area contributed by atoms with Crippen LogP contribution in [-0.2, 0) is 28.5 Å². The van der Waals surface area contributed by atoms with Crippen molar-refractivity contribution in [3.63, 3.8) is 0 Å². The number of ether oxygens (including phenoxy) is 5. The Morgan fingerprint density at radius 1 is 0.852 bits per heavy atom. The SMILES string of the molecule is C=C(C)C(=O)OCCOC(OCCOC(=O)C(=C)C)c1ccc(OC)cc1. The Kier molecular flexibility index (Phi) is 9.85. The van der Waals surface area contributed by atoms with Crippen LogP contribution in [0.4, 0.5) is 0 Å². The van der Waals surface area contributed by atoms with Gasteiger partial charge in [-0.15, -0.1) is 0 Å². The number of rotatable bonds is 12. The van der Waals surface area contributed by atoms with Crippen molar-refractivity contribution in [3.8, 4) is 5.75 Å². The second kappa shape index (κ2) is 11.9. The van der Waals surface area contributed by atoms with E-state index in [4.69, 9.17) is 23.7 Å². The molecule has 27 heavy (non-hydrogen) atoms. The number of benzene rings is 1. The second-order valence-corrected chi connectivity index (χ2v) is 5.68. The zero-order valence-corrected chi connectivity index (χ0v) is 16.0. The van der Waals surface area contributed by atoms with Crippen LogP contribution in [0.3, 0.4) is 0 Å². The van der Waals surface area contributed by atoms with E-state index < -0.39 is 18.2 Å². The minimum Gasteiger partial charge on any atom is -0.497 e. The first-order valence-electron chi connectivity index (χ1n) is 8.37. The molecular weight excluding hydrogens is 352 g/mol. The van der Waals surface area contributed by atoms with Gasteiger partial charge in [0.05, 0.1) is 20.3 Å². The fourth-order valence-electron chi connectivity index (χ4n) is 1.83. The predicted octanol–water partition coefficient (Wildman–Crippen LogP) is 2.97. The molecule has 0 atom stereocenters. The van der Waals surface area contributed by atoms with Crippen molar-refractivity contribution in [1.29, 1.82) is 0 Å². The number of carbonyl (C=O) groups excluding carboxylic acids is 2. The van der Waals surface area contributed by atoms with Gasteiger partial charge in [0, 0.05) is 16.7 Å². The molecular formula is C20H26O7. The highest BCUT2D eigenvalue weighted by atomic mass is 16.7. The minimum atomic E-state index is -0.719. The van der Waals surface area contributed by atoms with Crippen LogP contribution in [-0.4, -0.2) is 45.5 Å². The number of hydrogen-bond donors (Lipinski definition) is 0. The van der Waals surface area contributed by atoms with E-state index in [1.165, 1.54) is 0 Å². The highest BCUT2D eigenvalue weighted by Gasteiger charge is 2.14. The Bertz CT molecular complexity index is 615. The molecule has 0 fully saturated rings. The zero-order chi connectivity index (χ0) is 20.2. The van der Waals surface area contributed by atoms with Gasteiger partial charge in [-0.1, -0.05) is 25.3 Å². The quantitative estimate of drug-likeness (QED) is 0.239. The molecule has 0 aliphatic heterocycles. The van der Waals surface area contributed by atoms with Crippen molar-refractivity contribution in [2.45, 2.75) is 20.1 Å². The molecule has 0 aliphatic carbocycles. The molecule has 0 aliphatic rings. The summed E-state index contributed by atoms with van der Waals surface area (Å²) in [5.74, 6) is -0.261. The largest absolute Gasteiger partial charge is 0.497 e. The zero-order valence-electron chi connectivity index (χ0n) is 16.0. The average molecular weight is 378 g/mol. The lowest BCUT2D eigenvalue weighted by molar-refractivity contribution is -0.170. The average Bonchev–Trinajstić information content (AvgIpc) is 2.66. The summed E-state index contributed by atoms with van der Waals surface area (Å²) < 4.78 is 26.4. The summed E-state index contributed by atoms with van der Waals surface area (Å²) in [7, 11) is 1.57. The third kappa shape index (κ3) is 8.52. The Morgan fingerprint density at radius 2 is 1.30 bits per heavy atom. The normalized spacial score (nSPS) is 10.4. The fraction of sp³-hybridized carbons (Fsp3) is 0.400. The molecule has 7 nitrogen and oxygen atoms in total. The van der Waals surface area contributed by atoms with Crippen molar-refractivity contribution in [1.82, 2.24) is 0 Å². The molecule has 0 bridgehead atoms. The van der Waals surface area contributed by atoms with E-state index in [2.05, 4.69) is 13.2 Å².